The molecule has 1 atom stereocenters. The molecule has 2 rings (SSSR count). The van der Waals surface area contributed by atoms with Crippen molar-refractivity contribution in [1.29, 1.82) is 0 Å². The Balaban J connectivity index is 1.95. The van der Waals surface area contributed by atoms with Crippen LogP contribution in [0, 0.1) is 0 Å². The highest BCUT2D eigenvalue weighted by molar-refractivity contribution is 7.18. The number of nitrogens with one attached hydrogen (secondary N) is 1. The minimum atomic E-state index is -0.0581. The number of hydrogen-bond donors (Lipinski definition) is 1. The minimum absolute atomic E-state index is 0.0239. The van der Waals surface area contributed by atoms with Gasteiger partial charge in [-0.05, 0) is 45.5 Å². The second kappa shape index (κ2) is 6.50. The molecule has 1 saturated heterocycles. The van der Waals surface area contributed by atoms with Crippen LogP contribution >= 0.6 is 22.9 Å². The summed E-state index contributed by atoms with van der Waals surface area (Å²) in [5, 5.41) is 4.16. The molecule has 1 N–H and O–H groups in total. The van der Waals surface area contributed by atoms with Gasteiger partial charge in [0.05, 0.1) is 21.0 Å². The largest absolute Gasteiger partial charge is 0.295 e. The maximum Gasteiger partial charge on any atom is 0.257 e. The molecule has 2 heterocycles. The lowest BCUT2D eigenvalue weighted by Crippen LogP contribution is -2.46. The van der Waals surface area contributed by atoms with E-state index in [-0.39, 0.29) is 11.9 Å². The third-order valence-corrected chi connectivity index (χ3v) is 4.68. The number of carbonyl (C=O) groups is 1. The Morgan fingerprint density at radius 3 is 2.95 bits per heavy atom. The molecule has 1 aromatic rings. The van der Waals surface area contributed by atoms with Crippen LogP contribution in [0.1, 0.15) is 31.1 Å². The number of nitrogens with zero attached hydrogens (tertiary/aromatic N) is 2. The Labute approximate surface area is 122 Å². The first kappa shape index (κ1) is 14.5. The molecule has 0 aliphatic carbocycles. The minimum Gasteiger partial charge on any atom is -0.295 e. The summed E-state index contributed by atoms with van der Waals surface area (Å²) in [5.41, 5.74) is 3.44. The van der Waals surface area contributed by atoms with Gasteiger partial charge >= 0.3 is 0 Å². The van der Waals surface area contributed by atoms with E-state index >= 15 is 0 Å². The number of carbonyl (C=O) groups excluding carboxylic acids is 1. The lowest BCUT2D eigenvalue weighted by atomic mass is 10.0. The number of amides is 1. The molecule has 1 unspecified atom stereocenters. The molecule has 0 aromatic carbocycles. The molecule has 6 heteroatoms. The highest BCUT2D eigenvalue weighted by Crippen LogP contribution is 2.22. The zero-order valence-electron chi connectivity index (χ0n) is 11.1. The SMILES string of the molecule is C/C(=N\NC(=O)C1CCCCN1C)c1ccc(Cl)s1. The topological polar surface area (TPSA) is 44.7 Å². The fourth-order valence-electron chi connectivity index (χ4n) is 2.18. The van der Waals surface area contributed by atoms with E-state index in [1.807, 2.05) is 26.1 Å². The van der Waals surface area contributed by atoms with E-state index in [0.717, 1.165) is 40.7 Å². The Morgan fingerprint density at radius 1 is 1.53 bits per heavy atom. The number of halogens is 1. The molecule has 1 fully saturated rings. The van der Waals surface area contributed by atoms with Crippen LogP contribution in [0.25, 0.3) is 0 Å². The third-order valence-electron chi connectivity index (χ3n) is 3.34. The van der Waals surface area contributed by atoms with Gasteiger partial charge in [0.25, 0.3) is 5.91 Å². The number of likely N-dealkylation sites (N-methyl/N-ethyl adjacent to an activating group) is 1. The van der Waals surface area contributed by atoms with Gasteiger partial charge in [-0.25, -0.2) is 5.43 Å². The van der Waals surface area contributed by atoms with Crippen molar-refractivity contribution in [1.82, 2.24) is 10.3 Å². The van der Waals surface area contributed by atoms with E-state index in [0.29, 0.717) is 0 Å². The lowest BCUT2D eigenvalue weighted by molar-refractivity contribution is -0.127. The van der Waals surface area contributed by atoms with Crippen molar-refractivity contribution >= 4 is 34.6 Å². The van der Waals surface area contributed by atoms with Crippen molar-refractivity contribution in [3.63, 3.8) is 0 Å². The summed E-state index contributed by atoms with van der Waals surface area (Å²) in [5.74, 6) is -0.0239. The molecule has 0 radical (unpaired) electrons. The fourth-order valence-corrected chi connectivity index (χ4v) is 3.17. The van der Waals surface area contributed by atoms with E-state index in [9.17, 15) is 4.79 Å². The van der Waals surface area contributed by atoms with Crippen molar-refractivity contribution in [2.75, 3.05) is 13.6 Å². The van der Waals surface area contributed by atoms with Crippen molar-refractivity contribution in [3.8, 4) is 0 Å². The van der Waals surface area contributed by atoms with E-state index in [2.05, 4.69) is 15.4 Å². The zero-order chi connectivity index (χ0) is 13.8. The predicted octanol–water partition coefficient (Wildman–Crippen LogP) is 2.73. The highest BCUT2D eigenvalue weighted by Gasteiger charge is 2.25. The second-order valence-corrected chi connectivity index (χ2v) is 6.48. The van der Waals surface area contributed by atoms with E-state index in [4.69, 9.17) is 11.6 Å². The standard InChI is InChI=1S/C13H18ClN3OS/c1-9(11-6-7-12(14)19-11)15-16-13(18)10-5-3-4-8-17(10)2/h6-7,10H,3-5,8H2,1-2H3,(H,16,18)/b15-9+. The average molecular weight is 300 g/mol. The number of thiophene rings is 1. The molecular formula is C13H18ClN3OS. The van der Waals surface area contributed by atoms with Gasteiger partial charge in [0.15, 0.2) is 0 Å². The van der Waals surface area contributed by atoms with Crippen LogP contribution in [0.3, 0.4) is 0 Å². The predicted molar refractivity (Wildman–Crippen MR) is 80.0 cm³/mol. The quantitative estimate of drug-likeness (QED) is 0.689. The van der Waals surface area contributed by atoms with Crippen LogP contribution in [0.4, 0.5) is 0 Å². The summed E-state index contributed by atoms with van der Waals surface area (Å²) >= 11 is 7.33. The molecule has 1 aromatic heterocycles. The van der Waals surface area contributed by atoms with Crippen LogP contribution in [0.2, 0.25) is 4.34 Å². The van der Waals surface area contributed by atoms with Crippen molar-refractivity contribution < 1.29 is 4.79 Å². The first-order chi connectivity index (χ1) is 9.08. The number of hydrazone groups is 1. The van der Waals surface area contributed by atoms with Crippen molar-refractivity contribution in [2.45, 2.75) is 32.2 Å². The Morgan fingerprint density at radius 2 is 2.32 bits per heavy atom. The average Bonchev–Trinajstić information content (AvgIpc) is 2.83. The number of piperidine rings is 1. The monoisotopic (exact) mass is 299 g/mol. The molecule has 0 bridgehead atoms. The zero-order valence-corrected chi connectivity index (χ0v) is 12.7. The maximum absolute atomic E-state index is 12.1. The third kappa shape index (κ3) is 3.78. The lowest BCUT2D eigenvalue weighted by Gasteiger charge is -2.30. The summed E-state index contributed by atoms with van der Waals surface area (Å²) in [4.78, 5) is 15.1. The Kier molecular flexibility index (Phi) is 4.96. The smallest absolute Gasteiger partial charge is 0.257 e. The van der Waals surface area contributed by atoms with Crippen LogP contribution in [-0.2, 0) is 4.79 Å². The van der Waals surface area contributed by atoms with Crippen LogP contribution < -0.4 is 5.43 Å². The maximum atomic E-state index is 12.1. The summed E-state index contributed by atoms with van der Waals surface area (Å²) in [6, 6.07) is 3.68. The van der Waals surface area contributed by atoms with Crippen LogP contribution in [-0.4, -0.2) is 36.2 Å². The first-order valence-electron chi connectivity index (χ1n) is 6.38. The van der Waals surface area contributed by atoms with E-state index < -0.39 is 0 Å². The normalized spacial score (nSPS) is 21.4. The van der Waals surface area contributed by atoms with Gasteiger partial charge in [-0.15, -0.1) is 11.3 Å². The summed E-state index contributed by atoms with van der Waals surface area (Å²) < 4.78 is 0.725. The highest BCUT2D eigenvalue weighted by atomic mass is 35.5. The molecule has 104 valence electrons. The van der Waals surface area contributed by atoms with Crippen molar-refractivity contribution in [3.05, 3.63) is 21.3 Å². The summed E-state index contributed by atoms with van der Waals surface area (Å²) in [6.45, 7) is 2.84. The van der Waals surface area contributed by atoms with Gasteiger partial charge in [0.1, 0.15) is 0 Å². The Bertz CT molecular complexity index is 486. The molecular weight excluding hydrogens is 282 g/mol. The number of hydrogen-bond acceptors (Lipinski definition) is 4. The molecule has 1 amide bonds. The molecule has 19 heavy (non-hydrogen) atoms. The summed E-state index contributed by atoms with van der Waals surface area (Å²) in [7, 11) is 1.99. The second-order valence-electron chi connectivity index (χ2n) is 4.77. The Hall–Kier alpha value is -0.910. The van der Waals surface area contributed by atoms with E-state index in [1.54, 1.807) is 0 Å². The van der Waals surface area contributed by atoms with Gasteiger partial charge in [-0.2, -0.15) is 5.10 Å². The molecule has 4 nitrogen and oxygen atoms in total. The van der Waals surface area contributed by atoms with Gasteiger partial charge < -0.3 is 0 Å². The molecule has 0 spiro atoms. The van der Waals surface area contributed by atoms with E-state index in [1.165, 1.54) is 11.3 Å². The van der Waals surface area contributed by atoms with Gasteiger partial charge in [-0.3, -0.25) is 9.69 Å². The number of rotatable bonds is 3. The van der Waals surface area contributed by atoms with Crippen LogP contribution in [0.5, 0.6) is 0 Å². The summed E-state index contributed by atoms with van der Waals surface area (Å²) in [6.07, 6.45) is 3.17. The molecule has 1 aliphatic rings. The van der Waals surface area contributed by atoms with Crippen LogP contribution in [0.15, 0.2) is 17.2 Å². The molecule has 1 aliphatic heterocycles. The van der Waals surface area contributed by atoms with Gasteiger partial charge in [-0.1, -0.05) is 18.0 Å². The first-order valence-corrected chi connectivity index (χ1v) is 7.57. The fraction of sp³-hybridized carbons (Fsp3) is 0.538. The van der Waals surface area contributed by atoms with Gasteiger partial charge in [0, 0.05) is 0 Å². The van der Waals surface area contributed by atoms with Crippen molar-refractivity contribution in [2.24, 2.45) is 5.10 Å². The molecule has 0 saturated carbocycles. The number of likely N-dealkylation sites (tertiary alicyclic amines) is 1. The van der Waals surface area contributed by atoms with Gasteiger partial charge in [0.2, 0.25) is 0 Å².